The molecule has 3 heterocycles. The van der Waals surface area contributed by atoms with Gasteiger partial charge in [-0.05, 0) is 36.6 Å². The summed E-state index contributed by atoms with van der Waals surface area (Å²) >= 11 is 0. The van der Waals surface area contributed by atoms with Crippen molar-refractivity contribution >= 4 is 11.7 Å². The molecule has 2 bridgehead atoms. The van der Waals surface area contributed by atoms with Gasteiger partial charge in [0, 0.05) is 43.7 Å². The Kier molecular flexibility index (Phi) is 5.61. The highest BCUT2D eigenvalue weighted by molar-refractivity contribution is 5.77. The molecule has 2 fully saturated rings. The average Bonchev–Trinajstić information content (AvgIpc) is 2.96. The van der Waals surface area contributed by atoms with Gasteiger partial charge in [0.2, 0.25) is 5.91 Å². The lowest BCUT2D eigenvalue weighted by Crippen LogP contribution is -2.56. The minimum atomic E-state index is -3.19. The number of carbonyl (C=O) groups is 1. The fourth-order valence-electron chi connectivity index (χ4n) is 4.66. The molecule has 0 radical (unpaired) electrons. The number of nitrogens with zero attached hydrogens (tertiary/aromatic N) is 4. The van der Waals surface area contributed by atoms with Crippen LogP contribution in [0.4, 0.5) is 19.0 Å². The predicted octanol–water partition coefficient (Wildman–Crippen LogP) is 4.09. The van der Waals surface area contributed by atoms with Gasteiger partial charge in [-0.1, -0.05) is 19.1 Å². The summed E-state index contributed by atoms with van der Waals surface area (Å²) in [7, 11) is 0. The smallest absolute Gasteiger partial charge is 0.273 e. The molecule has 2 aliphatic rings. The second-order valence-electron chi connectivity index (χ2n) is 8.37. The molecule has 4 rings (SSSR count). The number of piperazine rings is 1. The van der Waals surface area contributed by atoms with Crippen molar-refractivity contribution in [2.75, 3.05) is 18.0 Å². The summed E-state index contributed by atoms with van der Waals surface area (Å²) < 4.78 is 41.9. The number of aromatic nitrogens is 1. The normalized spacial score (nSPS) is 23.0. The van der Waals surface area contributed by atoms with Gasteiger partial charge in [-0.2, -0.15) is 5.26 Å². The minimum absolute atomic E-state index is 0.0562. The Hall–Kier alpha value is -3.08. The SMILES string of the molecule is C[C@H]1CC2CN(C(=O)CCC(F)(F)c3ccc(F)cc3)CC1N2c1ccc(C#N)cn1. The van der Waals surface area contributed by atoms with E-state index in [1.54, 1.807) is 11.0 Å². The molecule has 3 atom stereocenters. The van der Waals surface area contributed by atoms with Gasteiger partial charge < -0.3 is 9.80 Å². The van der Waals surface area contributed by atoms with Gasteiger partial charge in [0.25, 0.3) is 5.92 Å². The molecule has 1 aromatic heterocycles. The molecule has 2 aliphatic heterocycles. The summed E-state index contributed by atoms with van der Waals surface area (Å²) in [5, 5.41) is 8.97. The van der Waals surface area contributed by atoms with Crippen LogP contribution in [-0.2, 0) is 10.7 Å². The molecule has 0 aliphatic carbocycles. The molecule has 5 nitrogen and oxygen atoms in total. The Morgan fingerprint density at radius 3 is 2.58 bits per heavy atom. The van der Waals surface area contributed by atoms with Gasteiger partial charge in [-0.25, -0.2) is 18.2 Å². The molecule has 31 heavy (non-hydrogen) atoms. The zero-order valence-electron chi connectivity index (χ0n) is 17.1. The number of carbonyl (C=O) groups excluding carboxylic acids is 1. The summed E-state index contributed by atoms with van der Waals surface area (Å²) in [5.74, 6) is -2.95. The van der Waals surface area contributed by atoms with E-state index in [9.17, 15) is 18.0 Å². The number of hydrogen-bond donors (Lipinski definition) is 0. The van der Waals surface area contributed by atoms with Crippen LogP contribution >= 0.6 is 0 Å². The first kappa shape index (κ1) is 21.2. The van der Waals surface area contributed by atoms with Crippen LogP contribution in [0.1, 0.15) is 37.3 Å². The lowest BCUT2D eigenvalue weighted by atomic mass is 10.0. The van der Waals surface area contributed by atoms with E-state index in [0.717, 1.165) is 36.5 Å². The largest absolute Gasteiger partial charge is 0.347 e. The Morgan fingerprint density at radius 2 is 1.97 bits per heavy atom. The number of anilines is 1. The van der Waals surface area contributed by atoms with E-state index >= 15 is 0 Å². The molecule has 8 heteroatoms. The molecular weight excluding hydrogens is 405 g/mol. The predicted molar refractivity (Wildman–Crippen MR) is 109 cm³/mol. The number of pyridine rings is 1. The highest BCUT2D eigenvalue weighted by Gasteiger charge is 2.46. The summed E-state index contributed by atoms with van der Waals surface area (Å²) in [6.45, 7) is 3.04. The van der Waals surface area contributed by atoms with Gasteiger partial charge in [0.1, 0.15) is 17.7 Å². The van der Waals surface area contributed by atoms with Gasteiger partial charge in [-0.3, -0.25) is 4.79 Å². The lowest BCUT2D eigenvalue weighted by molar-refractivity contribution is -0.134. The standard InChI is InChI=1S/C23H23F3N4O/c1-15-10-19-13-29(14-20(15)30(19)21-7-2-16(11-27)12-28-21)22(31)8-9-23(25,26)17-3-5-18(24)6-4-17/h2-7,12,15,19-20H,8-10,13-14H2,1H3/t15-,19?,20?/m0/s1. The number of likely N-dealkylation sites (tertiary alicyclic amines) is 1. The first-order valence-electron chi connectivity index (χ1n) is 10.3. The highest BCUT2D eigenvalue weighted by atomic mass is 19.3. The molecule has 2 unspecified atom stereocenters. The number of halogens is 3. The van der Waals surface area contributed by atoms with Gasteiger partial charge in [0.15, 0.2) is 0 Å². The van der Waals surface area contributed by atoms with Crippen molar-refractivity contribution in [2.24, 2.45) is 5.92 Å². The van der Waals surface area contributed by atoms with Crippen LogP contribution in [0.3, 0.4) is 0 Å². The van der Waals surface area contributed by atoms with Gasteiger partial charge in [0.05, 0.1) is 11.6 Å². The number of fused-ring (bicyclic) bond motifs is 2. The third-order valence-electron chi connectivity index (χ3n) is 6.30. The number of amides is 1. The fourth-order valence-corrected chi connectivity index (χ4v) is 4.66. The fraction of sp³-hybridized carbons (Fsp3) is 0.435. The van der Waals surface area contributed by atoms with E-state index < -0.39 is 18.2 Å². The van der Waals surface area contributed by atoms with E-state index in [4.69, 9.17) is 5.26 Å². The maximum Gasteiger partial charge on any atom is 0.273 e. The van der Waals surface area contributed by atoms with E-state index in [0.29, 0.717) is 24.6 Å². The molecule has 162 valence electrons. The minimum Gasteiger partial charge on any atom is -0.347 e. The maximum atomic E-state index is 14.5. The Morgan fingerprint density at radius 1 is 1.23 bits per heavy atom. The van der Waals surface area contributed by atoms with Gasteiger partial charge in [-0.15, -0.1) is 0 Å². The molecular formula is C23H23F3N4O. The van der Waals surface area contributed by atoms with Crippen LogP contribution in [0.25, 0.3) is 0 Å². The van der Waals surface area contributed by atoms with Crippen molar-refractivity contribution in [3.05, 3.63) is 59.5 Å². The van der Waals surface area contributed by atoms with Crippen LogP contribution in [-0.4, -0.2) is 41.0 Å². The number of benzene rings is 1. The number of hydrogen-bond acceptors (Lipinski definition) is 4. The van der Waals surface area contributed by atoms with Crippen molar-refractivity contribution in [3.63, 3.8) is 0 Å². The second-order valence-corrected chi connectivity index (χ2v) is 8.37. The molecule has 0 N–H and O–H groups in total. The number of nitriles is 1. The third-order valence-corrected chi connectivity index (χ3v) is 6.30. The number of alkyl halides is 2. The molecule has 1 aromatic carbocycles. The van der Waals surface area contributed by atoms with E-state index in [1.807, 2.05) is 6.07 Å². The van der Waals surface area contributed by atoms with E-state index in [1.165, 1.54) is 6.20 Å². The summed E-state index contributed by atoms with van der Waals surface area (Å²) in [4.78, 5) is 21.0. The zero-order valence-corrected chi connectivity index (χ0v) is 17.1. The summed E-state index contributed by atoms with van der Waals surface area (Å²) in [5.41, 5.74) is 0.201. The summed E-state index contributed by atoms with van der Waals surface area (Å²) in [6, 6.07) is 9.84. The van der Waals surface area contributed by atoms with Crippen molar-refractivity contribution in [3.8, 4) is 6.07 Å². The average molecular weight is 428 g/mol. The zero-order chi connectivity index (χ0) is 22.2. The van der Waals surface area contributed by atoms with E-state index in [-0.39, 0.29) is 30.0 Å². The maximum absolute atomic E-state index is 14.5. The Balaban J connectivity index is 1.41. The Bertz CT molecular complexity index is 987. The Labute approximate surface area is 179 Å². The van der Waals surface area contributed by atoms with Crippen molar-refractivity contribution < 1.29 is 18.0 Å². The van der Waals surface area contributed by atoms with Crippen LogP contribution in [0.5, 0.6) is 0 Å². The van der Waals surface area contributed by atoms with Gasteiger partial charge >= 0.3 is 0 Å². The van der Waals surface area contributed by atoms with E-state index in [2.05, 4.69) is 22.9 Å². The highest BCUT2D eigenvalue weighted by Crippen LogP contribution is 2.38. The van der Waals surface area contributed by atoms with Crippen LogP contribution in [0, 0.1) is 23.1 Å². The monoisotopic (exact) mass is 428 g/mol. The van der Waals surface area contributed by atoms with Crippen molar-refractivity contribution in [2.45, 2.75) is 44.2 Å². The first-order chi connectivity index (χ1) is 14.8. The second kappa shape index (κ2) is 8.22. The molecule has 0 saturated carbocycles. The summed E-state index contributed by atoms with van der Waals surface area (Å²) in [6.07, 6.45) is 1.55. The van der Waals surface area contributed by atoms with Crippen LogP contribution in [0.15, 0.2) is 42.6 Å². The topological polar surface area (TPSA) is 60.2 Å². The first-order valence-corrected chi connectivity index (χ1v) is 10.3. The molecule has 2 aromatic rings. The lowest BCUT2D eigenvalue weighted by Gasteiger charge is -2.42. The molecule has 0 spiro atoms. The molecule has 1 amide bonds. The molecule has 2 saturated heterocycles. The van der Waals surface area contributed by atoms with Crippen LogP contribution < -0.4 is 4.90 Å². The van der Waals surface area contributed by atoms with Crippen molar-refractivity contribution in [1.82, 2.24) is 9.88 Å². The van der Waals surface area contributed by atoms with Crippen molar-refractivity contribution in [1.29, 1.82) is 5.26 Å². The number of rotatable bonds is 5. The van der Waals surface area contributed by atoms with Crippen LogP contribution in [0.2, 0.25) is 0 Å². The third kappa shape index (κ3) is 4.22. The quantitative estimate of drug-likeness (QED) is 0.720.